The third-order valence-electron chi connectivity index (χ3n) is 14.2. The van der Waals surface area contributed by atoms with Gasteiger partial charge in [-0.2, -0.15) is 0 Å². The Morgan fingerprint density at radius 3 is 1.87 bits per heavy atom. The van der Waals surface area contributed by atoms with E-state index in [0.29, 0.717) is 11.8 Å². The third-order valence-corrected chi connectivity index (χ3v) is 23.3. The molecule has 0 aliphatic heterocycles. The Morgan fingerprint density at radius 2 is 1.40 bits per heavy atom. The number of rotatable bonds is 10. The maximum absolute atomic E-state index is 12.2. The minimum atomic E-state index is -1.91. The highest BCUT2D eigenvalue weighted by molar-refractivity contribution is 6.74. The summed E-state index contributed by atoms with van der Waals surface area (Å²) in [6.07, 6.45) is 19.8. The summed E-state index contributed by atoms with van der Waals surface area (Å²) in [7, 11) is -3.81. The quantitative estimate of drug-likeness (QED) is 0.184. The fraction of sp³-hybridized carbons (Fsp3) is 0.829. The zero-order chi connectivity index (χ0) is 35.4. The van der Waals surface area contributed by atoms with Gasteiger partial charge in [0.2, 0.25) is 0 Å². The van der Waals surface area contributed by atoms with E-state index < -0.39 is 28.2 Å². The molecular weight excluding hydrogens is 613 g/mol. The van der Waals surface area contributed by atoms with Crippen molar-refractivity contribution >= 4 is 22.4 Å². The van der Waals surface area contributed by atoms with E-state index in [2.05, 4.69) is 107 Å². The molecule has 1 N–H and O–H groups in total. The molecule has 0 heterocycles. The molecule has 6 atom stereocenters. The molecule has 268 valence electrons. The number of allylic oxidation sites excluding steroid dienone is 4. The lowest BCUT2D eigenvalue weighted by atomic mass is 9.57. The first-order valence-corrected chi connectivity index (χ1v) is 24.8. The summed E-state index contributed by atoms with van der Waals surface area (Å²) in [5.74, 6) is 1.28. The molecule has 0 aromatic heterocycles. The van der Waals surface area contributed by atoms with E-state index in [-0.39, 0.29) is 38.9 Å². The molecule has 4 aliphatic carbocycles. The predicted octanol–water partition coefficient (Wildman–Crippen LogP) is 11.3. The van der Waals surface area contributed by atoms with Crippen molar-refractivity contribution in [1.82, 2.24) is 0 Å². The number of ketones is 1. The molecule has 0 amide bonds. The van der Waals surface area contributed by atoms with Crippen LogP contribution >= 0.6 is 0 Å². The van der Waals surface area contributed by atoms with Gasteiger partial charge in [-0.15, -0.1) is 0 Å². The Kier molecular flexibility index (Phi) is 11.1. The highest BCUT2D eigenvalue weighted by Crippen LogP contribution is 2.62. The van der Waals surface area contributed by atoms with Gasteiger partial charge in [0.05, 0.1) is 23.7 Å². The minimum absolute atomic E-state index is 0.0375. The maximum atomic E-state index is 12.2. The number of carbonyl (C=O) groups is 1. The number of aliphatic hydroxyl groups excluding tert-OH is 1. The Morgan fingerprint density at radius 1 is 0.872 bits per heavy atom. The largest absolute Gasteiger partial charge is 0.414 e. The molecule has 0 spiro atoms. The number of Topliss-reactive ketones (excluding diaryl/α,β-unsaturated/α-hetero) is 1. The van der Waals surface area contributed by atoms with Crippen LogP contribution in [0, 0.1) is 28.1 Å². The van der Waals surface area contributed by atoms with E-state index >= 15 is 0 Å². The Hall–Kier alpha value is -0.796. The molecule has 4 fully saturated rings. The topological polar surface area (TPSA) is 55.8 Å². The molecule has 4 rings (SSSR count). The smallest absolute Gasteiger partial charge is 0.192 e. The second kappa shape index (κ2) is 13.4. The van der Waals surface area contributed by atoms with E-state index in [1.807, 2.05) is 6.08 Å². The van der Waals surface area contributed by atoms with Crippen LogP contribution in [-0.4, -0.2) is 45.8 Å². The maximum Gasteiger partial charge on any atom is 0.192 e. The highest BCUT2D eigenvalue weighted by Gasteiger charge is 2.55. The summed E-state index contributed by atoms with van der Waals surface area (Å²) in [6.45, 7) is 32.5. The molecule has 47 heavy (non-hydrogen) atoms. The summed E-state index contributed by atoms with van der Waals surface area (Å²) in [5, 5.41) is 11.3. The zero-order valence-electron chi connectivity index (χ0n) is 32.9. The highest BCUT2D eigenvalue weighted by atomic mass is 28.4. The lowest BCUT2D eigenvalue weighted by Gasteiger charge is -2.47. The van der Waals surface area contributed by atoms with Gasteiger partial charge >= 0.3 is 0 Å². The first kappa shape index (κ1) is 39.0. The molecule has 1 unspecified atom stereocenters. The van der Waals surface area contributed by atoms with E-state index in [1.165, 1.54) is 37.7 Å². The molecule has 6 heteroatoms. The van der Waals surface area contributed by atoms with Crippen LogP contribution in [0.3, 0.4) is 0 Å². The first-order valence-electron chi connectivity index (χ1n) is 19.0. The molecule has 4 aliphatic rings. The van der Waals surface area contributed by atoms with Crippen molar-refractivity contribution in [1.29, 1.82) is 0 Å². The Bertz CT molecular complexity index is 1200. The number of carbonyl (C=O) groups excluding carboxylic acids is 1. The van der Waals surface area contributed by atoms with Crippen molar-refractivity contribution < 1.29 is 18.8 Å². The predicted molar refractivity (Wildman–Crippen MR) is 204 cm³/mol. The van der Waals surface area contributed by atoms with Crippen molar-refractivity contribution in [3.05, 3.63) is 35.5 Å². The van der Waals surface area contributed by atoms with Crippen LogP contribution in [0.15, 0.2) is 35.5 Å². The van der Waals surface area contributed by atoms with Gasteiger partial charge in [0.15, 0.2) is 16.6 Å². The molecule has 0 bridgehead atoms. The Labute approximate surface area is 291 Å². The van der Waals surface area contributed by atoms with Crippen molar-refractivity contribution in [3.8, 4) is 0 Å². The number of aliphatic hydroxyl groups is 1. The second-order valence-corrected chi connectivity index (χ2v) is 29.6. The summed E-state index contributed by atoms with van der Waals surface area (Å²) >= 11 is 0. The van der Waals surface area contributed by atoms with Gasteiger partial charge in [-0.05, 0) is 130 Å². The second-order valence-electron chi connectivity index (χ2n) is 20.1. The average Bonchev–Trinajstić information content (AvgIpc) is 3.65. The van der Waals surface area contributed by atoms with E-state index in [1.54, 1.807) is 12.5 Å². The molecule has 0 radical (unpaired) electrons. The third kappa shape index (κ3) is 8.24. The number of hydrogen-bond acceptors (Lipinski definition) is 4. The zero-order valence-corrected chi connectivity index (χ0v) is 34.9. The molecule has 4 saturated carbocycles. The van der Waals surface area contributed by atoms with E-state index in [0.717, 1.165) is 32.1 Å². The molecule has 0 aromatic rings. The standard InChI is InChI=1S/C41H72O4Si2/c1-29(42)41(24-25-41)36(43)21-23-39(8,9)35-20-19-34-31(16-15-22-40(34,35)10)18-17-30-26-32(44-46(11,12)37(2,3)4)28-33(27-30)45-47(13,14)38(5,6)7/h17-18,21,23,32-36,43H,15-16,19-20,22,24-28H2,1-14H3/t32-,33-,34+,35-,36?,40+/m1/s1. The lowest BCUT2D eigenvalue weighted by Crippen LogP contribution is -2.48. The monoisotopic (exact) mass is 684 g/mol. The summed E-state index contributed by atoms with van der Waals surface area (Å²) in [5.41, 5.74) is 2.81. The van der Waals surface area contributed by atoms with Crippen LogP contribution in [0.2, 0.25) is 36.3 Å². The molecule has 4 nitrogen and oxygen atoms in total. The normalized spacial score (nSPS) is 32.1. The van der Waals surface area contributed by atoms with Gasteiger partial charge in [0.25, 0.3) is 0 Å². The van der Waals surface area contributed by atoms with Crippen LogP contribution in [-0.2, 0) is 13.6 Å². The van der Waals surface area contributed by atoms with Crippen LogP contribution in [0.25, 0.3) is 0 Å². The van der Waals surface area contributed by atoms with Gasteiger partial charge < -0.3 is 14.0 Å². The van der Waals surface area contributed by atoms with Crippen LogP contribution in [0.1, 0.15) is 133 Å². The Balaban J connectivity index is 1.55. The lowest BCUT2D eigenvalue weighted by molar-refractivity contribution is -0.124. The van der Waals surface area contributed by atoms with Crippen molar-refractivity contribution in [3.63, 3.8) is 0 Å². The van der Waals surface area contributed by atoms with Gasteiger partial charge in [-0.3, -0.25) is 4.79 Å². The van der Waals surface area contributed by atoms with Gasteiger partial charge in [0.1, 0.15) is 5.78 Å². The van der Waals surface area contributed by atoms with Gasteiger partial charge in [0, 0.05) is 0 Å². The van der Waals surface area contributed by atoms with Gasteiger partial charge in [-0.25, -0.2) is 0 Å². The fourth-order valence-corrected chi connectivity index (χ4v) is 11.7. The van der Waals surface area contributed by atoms with Crippen LogP contribution in [0.5, 0.6) is 0 Å². The van der Waals surface area contributed by atoms with Crippen molar-refractivity contribution in [2.24, 2.45) is 28.1 Å². The number of fused-ring (bicyclic) bond motifs is 1. The van der Waals surface area contributed by atoms with Crippen molar-refractivity contribution in [2.45, 2.75) is 188 Å². The number of hydrogen-bond donors (Lipinski definition) is 1. The summed E-state index contributed by atoms with van der Waals surface area (Å²) < 4.78 is 14.2. The van der Waals surface area contributed by atoms with Gasteiger partial charge in [-0.1, -0.05) is 97.8 Å². The molecule has 0 aromatic carbocycles. The fourth-order valence-electron chi connectivity index (χ4n) is 8.95. The van der Waals surface area contributed by atoms with E-state index in [9.17, 15) is 9.90 Å². The first-order chi connectivity index (χ1) is 21.3. The summed E-state index contributed by atoms with van der Waals surface area (Å²) in [4.78, 5) is 12.2. The average molecular weight is 685 g/mol. The summed E-state index contributed by atoms with van der Waals surface area (Å²) in [6, 6.07) is 0. The van der Waals surface area contributed by atoms with Crippen molar-refractivity contribution in [2.75, 3.05) is 0 Å². The minimum Gasteiger partial charge on any atom is -0.414 e. The van der Waals surface area contributed by atoms with E-state index in [4.69, 9.17) is 8.85 Å². The van der Waals surface area contributed by atoms with Crippen LogP contribution in [0.4, 0.5) is 0 Å². The SMILES string of the molecule is CC(=O)C1(C(O)C=CC(C)(C)[C@H]2CC[C@H]3C(=CC=C4C[C@@H](O[Si](C)(C)C(C)(C)C)C[C@H](O[Si](C)(C)C(C)(C)C)C4)CCC[C@]23C)CC1. The molecule has 0 saturated heterocycles. The molecular formula is C41H72O4Si2. The van der Waals surface area contributed by atoms with Crippen LogP contribution < -0.4 is 0 Å².